The molecule has 0 radical (unpaired) electrons. The van der Waals surface area contributed by atoms with E-state index in [1.54, 1.807) is 23.9 Å². The van der Waals surface area contributed by atoms with Crippen LogP contribution in [0.1, 0.15) is 24.6 Å². The third-order valence-electron chi connectivity index (χ3n) is 2.98. The summed E-state index contributed by atoms with van der Waals surface area (Å²) in [7, 11) is 3.48. The fourth-order valence-electron chi connectivity index (χ4n) is 2.13. The Morgan fingerprint density at radius 1 is 1.53 bits per heavy atom. The Bertz CT molecular complexity index is 450. The van der Waals surface area contributed by atoms with Gasteiger partial charge in [0.15, 0.2) is 0 Å². The number of aromatic amines is 2. The Balaban J connectivity index is 2.07. The van der Waals surface area contributed by atoms with E-state index in [0.717, 1.165) is 19.4 Å². The SMILES string of the molecule is CN(C)C(=O)N1CCCC(c2n[nH]c(=O)[nH]2)C1. The molecule has 1 aliphatic heterocycles. The van der Waals surface area contributed by atoms with Gasteiger partial charge in [-0.15, -0.1) is 0 Å². The molecule has 2 N–H and O–H groups in total. The summed E-state index contributed by atoms with van der Waals surface area (Å²) < 4.78 is 0. The molecule has 0 aromatic carbocycles. The highest BCUT2D eigenvalue weighted by Crippen LogP contribution is 2.23. The molecule has 1 aromatic heterocycles. The summed E-state index contributed by atoms with van der Waals surface area (Å²) in [6, 6.07) is 0.00702. The summed E-state index contributed by atoms with van der Waals surface area (Å²) in [5, 5.41) is 6.29. The van der Waals surface area contributed by atoms with Crippen molar-refractivity contribution < 1.29 is 4.79 Å². The first kappa shape index (κ1) is 11.7. The maximum atomic E-state index is 11.8. The zero-order valence-corrected chi connectivity index (χ0v) is 10.1. The molecule has 1 fully saturated rings. The maximum absolute atomic E-state index is 11.8. The molecule has 1 aliphatic rings. The number of hydrogen-bond acceptors (Lipinski definition) is 3. The van der Waals surface area contributed by atoms with Crippen molar-refractivity contribution in [1.82, 2.24) is 25.0 Å². The van der Waals surface area contributed by atoms with Crippen molar-refractivity contribution in [2.75, 3.05) is 27.2 Å². The minimum Gasteiger partial charge on any atom is -0.331 e. The van der Waals surface area contributed by atoms with Crippen molar-refractivity contribution in [3.8, 4) is 0 Å². The number of carbonyl (C=O) groups excluding carboxylic acids is 1. The van der Waals surface area contributed by atoms with Crippen LogP contribution >= 0.6 is 0 Å². The first-order valence-electron chi connectivity index (χ1n) is 5.68. The molecule has 0 aliphatic carbocycles. The number of likely N-dealkylation sites (tertiary alicyclic amines) is 1. The minimum atomic E-state index is -0.295. The number of carbonyl (C=O) groups is 1. The van der Waals surface area contributed by atoms with Gasteiger partial charge in [0.2, 0.25) is 0 Å². The van der Waals surface area contributed by atoms with Gasteiger partial charge in [0.05, 0.1) is 0 Å². The lowest BCUT2D eigenvalue weighted by Gasteiger charge is -2.33. The zero-order valence-electron chi connectivity index (χ0n) is 10.1. The van der Waals surface area contributed by atoms with Crippen molar-refractivity contribution in [2.24, 2.45) is 0 Å². The van der Waals surface area contributed by atoms with E-state index in [2.05, 4.69) is 15.2 Å². The minimum absolute atomic E-state index is 0.00702. The third-order valence-corrected chi connectivity index (χ3v) is 2.98. The molecular formula is C10H17N5O2. The van der Waals surface area contributed by atoms with E-state index in [0.29, 0.717) is 12.4 Å². The van der Waals surface area contributed by atoms with Gasteiger partial charge < -0.3 is 9.80 Å². The summed E-state index contributed by atoms with van der Waals surface area (Å²) in [4.78, 5) is 28.8. The summed E-state index contributed by atoms with van der Waals surface area (Å²) >= 11 is 0. The van der Waals surface area contributed by atoms with Crippen LogP contribution in [0, 0.1) is 0 Å². The Kier molecular flexibility index (Phi) is 3.16. The Labute approximate surface area is 98.8 Å². The van der Waals surface area contributed by atoms with Crippen LogP contribution in [-0.4, -0.2) is 58.2 Å². The lowest BCUT2D eigenvalue weighted by Crippen LogP contribution is -2.44. The van der Waals surface area contributed by atoms with Crippen molar-refractivity contribution >= 4 is 6.03 Å². The number of hydrogen-bond donors (Lipinski definition) is 2. The van der Waals surface area contributed by atoms with Crippen molar-refractivity contribution in [3.05, 3.63) is 16.3 Å². The fourth-order valence-corrected chi connectivity index (χ4v) is 2.13. The van der Waals surface area contributed by atoms with Gasteiger partial charge in [0, 0.05) is 33.1 Å². The van der Waals surface area contributed by atoms with Crippen molar-refractivity contribution in [3.63, 3.8) is 0 Å². The van der Waals surface area contributed by atoms with E-state index in [1.165, 1.54) is 0 Å². The topological polar surface area (TPSA) is 85.1 Å². The smallest absolute Gasteiger partial charge is 0.331 e. The Morgan fingerprint density at radius 2 is 2.29 bits per heavy atom. The molecule has 0 saturated carbocycles. The average Bonchev–Trinajstić information content (AvgIpc) is 2.75. The Morgan fingerprint density at radius 3 is 2.88 bits per heavy atom. The highest BCUT2D eigenvalue weighted by molar-refractivity contribution is 5.74. The van der Waals surface area contributed by atoms with E-state index < -0.39 is 0 Å². The summed E-state index contributed by atoms with van der Waals surface area (Å²) in [6.07, 6.45) is 1.87. The third kappa shape index (κ3) is 2.48. The number of nitrogens with zero attached hydrogens (tertiary/aromatic N) is 3. The van der Waals surface area contributed by atoms with Crippen LogP contribution < -0.4 is 5.69 Å². The number of urea groups is 1. The number of aromatic nitrogens is 3. The van der Waals surface area contributed by atoms with Crippen molar-refractivity contribution in [2.45, 2.75) is 18.8 Å². The first-order chi connectivity index (χ1) is 8.08. The molecule has 2 heterocycles. The molecule has 7 nitrogen and oxygen atoms in total. The molecule has 0 bridgehead atoms. The van der Waals surface area contributed by atoms with Crippen molar-refractivity contribution in [1.29, 1.82) is 0 Å². The average molecular weight is 239 g/mol. The largest absolute Gasteiger partial charge is 0.340 e. The molecule has 1 atom stereocenters. The molecule has 1 aromatic rings. The van der Waals surface area contributed by atoms with E-state index in [4.69, 9.17) is 0 Å². The van der Waals surface area contributed by atoms with Gasteiger partial charge in [-0.05, 0) is 12.8 Å². The number of nitrogens with one attached hydrogen (secondary N) is 2. The first-order valence-corrected chi connectivity index (χ1v) is 5.68. The van der Waals surface area contributed by atoms with Crippen LogP contribution in [0.5, 0.6) is 0 Å². The van der Waals surface area contributed by atoms with Gasteiger partial charge >= 0.3 is 11.7 Å². The van der Waals surface area contributed by atoms with Crippen LogP contribution in [0.2, 0.25) is 0 Å². The normalized spacial score (nSPS) is 20.4. The van der Waals surface area contributed by atoms with Crippen LogP contribution in [-0.2, 0) is 0 Å². The second-order valence-corrected chi connectivity index (χ2v) is 4.53. The van der Waals surface area contributed by atoms with E-state index in [9.17, 15) is 9.59 Å². The monoisotopic (exact) mass is 239 g/mol. The van der Waals surface area contributed by atoms with Gasteiger partial charge in [-0.2, -0.15) is 5.10 Å². The summed E-state index contributed by atoms with van der Waals surface area (Å²) in [5.74, 6) is 0.762. The van der Waals surface area contributed by atoms with E-state index >= 15 is 0 Å². The van der Waals surface area contributed by atoms with Gasteiger partial charge in [-0.1, -0.05) is 0 Å². The van der Waals surface area contributed by atoms with Gasteiger partial charge in [0.25, 0.3) is 0 Å². The highest BCUT2D eigenvalue weighted by atomic mass is 16.2. The second kappa shape index (κ2) is 4.60. The predicted octanol–water partition coefficient (Wildman–Crippen LogP) is -0.0410. The molecule has 2 amide bonds. The molecule has 2 rings (SSSR count). The number of H-pyrrole nitrogens is 2. The number of rotatable bonds is 1. The van der Waals surface area contributed by atoms with Gasteiger partial charge in [-0.3, -0.25) is 4.98 Å². The molecule has 17 heavy (non-hydrogen) atoms. The molecular weight excluding hydrogens is 222 g/mol. The summed E-state index contributed by atoms with van der Waals surface area (Å²) in [6.45, 7) is 1.37. The quantitative estimate of drug-likeness (QED) is 0.721. The predicted molar refractivity (Wildman–Crippen MR) is 61.8 cm³/mol. The maximum Gasteiger partial charge on any atom is 0.340 e. The van der Waals surface area contributed by atoms with Crippen LogP contribution in [0.3, 0.4) is 0 Å². The summed E-state index contributed by atoms with van der Waals surface area (Å²) in [5.41, 5.74) is -0.295. The lowest BCUT2D eigenvalue weighted by atomic mass is 9.98. The second-order valence-electron chi connectivity index (χ2n) is 4.53. The lowest BCUT2D eigenvalue weighted by molar-refractivity contribution is 0.153. The number of piperidine rings is 1. The fraction of sp³-hybridized carbons (Fsp3) is 0.700. The van der Waals surface area contributed by atoms with E-state index in [1.807, 2.05) is 0 Å². The molecule has 1 saturated heterocycles. The van der Waals surface area contributed by atoms with Gasteiger partial charge in [-0.25, -0.2) is 14.7 Å². The highest BCUT2D eigenvalue weighted by Gasteiger charge is 2.27. The van der Waals surface area contributed by atoms with Gasteiger partial charge in [0.1, 0.15) is 5.82 Å². The Hall–Kier alpha value is -1.79. The zero-order chi connectivity index (χ0) is 12.4. The van der Waals surface area contributed by atoms with E-state index in [-0.39, 0.29) is 17.6 Å². The standard InChI is InChI=1S/C10H17N5O2/c1-14(2)10(17)15-5-3-4-7(6-15)8-11-9(16)13-12-8/h7H,3-6H2,1-2H3,(H2,11,12,13,16). The number of amides is 2. The van der Waals surface area contributed by atoms with Crippen LogP contribution in [0.4, 0.5) is 4.79 Å². The van der Waals surface area contributed by atoms with Crippen LogP contribution in [0.15, 0.2) is 4.79 Å². The molecule has 1 unspecified atom stereocenters. The molecule has 0 spiro atoms. The molecule has 94 valence electrons. The molecule has 7 heteroatoms. The van der Waals surface area contributed by atoms with Crippen LogP contribution in [0.25, 0.3) is 0 Å².